The van der Waals surface area contributed by atoms with Crippen LogP contribution in [0.25, 0.3) is 6.08 Å². The van der Waals surface area contributed by atoms with Crippen LogP contribution < -0.4 is 14.8 Å². The number of carbonyl (C=O) groups excluding carboxylic acids is 2. The van der Waals surface area contributed by atoms with Crippen LogP contribution in [0.4, 0.5) is 0 Å². The topological polar surface area (TPSA) is 105 Å². The maximum absolute atomic E-state index is 12.5. The van der Waals surface area contributed by atoms with Crippen molar-refractivity contribution in [2.45, 2.75) is 0 Å². The number of nitrogens with zero attached hydrogens (tertiary/aromatic N) is 1. The summed E-state index contributed by atoms with van der Waals surface area (Å²) in [6.07, 6.45) is 1.64. The lowest BCUT2D eigenvalue weighted by atomic mass is 10.2. The Bertz CT molecular complexity index is 793. The van der Waals surface area contributed by atoms with E-state index in [1.807, 2.05) is 0 Å². The van der Waals surface area contributed by atoms with Gasteiger partial charge in [-0.15, -0.1) is 0 Å². The Hall–Kier alpha value is -2.59. The van der Waals surface area contributed by atoms with Gasteiger partial charge in [-0.2, -0.15) is 0 Å². The molecule has 26 heavy (non-hydrogen) atoms. The van der Waals surface area contributed by atoms with E-state index in [1.54, 1.807) is 24.3 Å². The lowest BCUT2D eigenvalue weighted by Gasteiger charge is -2.13. The van der Waals surface area contributed by atoms with Crippen molar-refractivity contribution in [3.8, 4) is 11.5 Å². The Balaban J connectivity index is 2.13. The number of benzene rings is 1. The fourth-order valence-corrected chi connectivity index (χ4v) is 3.36. The molecule has 0 aromatic heterocycles. The molecule has 1 aromatic rings. The molecule has 0 saturated carbocycles. The van der Waals surface area contributed by atoms with E-state index in [1.165, 1.54) is 14.2 Å². The van der Waals surface area contributed by atoms with Crippen LogP contribution in [-0.4, -0.2) is 59.4 Å². The summed E-state index contributed by atoms with van der Waals surface area (Å²) in [6.45, 7) is -0.851. The SMILES string of the molecule is COc1ccc(/C=C2\SC(=S)N(CC(=O)NCC(=O)O)C2=O)cc1OC. The van der Waals surface area contributed by atoms with Crippen LogP contribution in [0, 0.1) is 0 Å². The van der Waals surface area contributed by atoms with Crippen molar-refractivity contribution in [1.29, 1.82) is 0 Å². The molecular formula is C16H16N2O6S2. The van der Waals surface area contributed by atoms with Gasteiger partial charge in [0, 0.05) is 0 Å². The van der Waals surface area contributed by atoms with Gasteiger partial charge in [-0.1, -0.05) is 30.0 Å². The standard InChI is InChI=1S/C16H16N2O6S2/c1-23-10-4-3-9(5-11(10)24-2)6-12-15(22)18(16(25)26-12)8-13(19)17-7-14(20)21/h3-6H,7-8H2,1-2H3,(H,17,19)(H,20,21)/b12-6-. The Kier molecular flexibility index (Phi) is 6.58. The molecule has 0 bridgehead atoms. The molecule has 138 valence electrons. The molecule has 0 unspecified atom stereocenters. The summed E-state index contributed by atoms with van der Waals surface area (Å²) in [7, 11) is 3.04. The highest BCUT2D eigenvalue weighted by molar-refractivity contribution is 8.26. The smallest absolute Gasteiger partial charge is 0.322 e. The largest absolute Gasteiger partial charge is 0.493 e. The van der Waals surface area contributed by atoms with Crippen LogP contribution in [0.3, 0.4) is 0 Å². The van der Waals surface area contributed by atoms with E-state index in [0.29, 0.717) is 22.0 Å². The average Bonchev–Trinajstić information content (AvgIpc) is 2.87. The molecule has 2 amide bonds. The van der Waals surface area contributed by atoms with Gasteiger partial charge >= 0.3 is 5.97 Å². The molecule has 2 rings (SSSR count). The molecule has 8 nitrogen and oxygen atoms in total. The van der Waals surface area contributed by atoms with Crippen molar-refractivity contribution >= 4 is 52.2 Å². The number of thioether (sulfide) groups is 1. The molecule has 1 aliphatic heterocycles. The molecule has 0 spiro atoms. The first kappa shape index (κ1) is 19.7. The zero-order valence-corrected chi connectivity index (χ0v) is 15.6. The molecule has 0 aliphatic carbocycles. The van der Waals surface area contributed by atoms with Gasteiger partial charge in [0.1, 0.15) is 17.4 Å². The third-order valence-corrected chi connectivity index (χ3v) is 4.70. The summed E-state index contributed by atoms with van der Waals surface area (Å²) in [5.41, 5.74) is 0.707. The number of hydrogen-bond donors (Lipinski definition) is 2. The molecule has 10 heteroatoms. The van der Waals surface area contributed by atoms with Crippen molar-refractivity contribution in [3.63, 3.8) is 0 Å². The predicted octanol–water partition coefficient (Wildman–Crippen LogP) is 1.11. The highest BCUT2D eigenvalue weighted by Crippen LogP contribution is 2.34. The number of methoxy groups -OCH3 is 2. The first-order valence-corrected chi connectivity index (χ1v) is 8.54. The van der Waals surface area contributed by atoms with Crippen molar-refractivity contribution in [3.05, 3.63) is 28.7 Å². The van der Waals surface area contributed by atoms with Crippen molar-refractivity contribution in [2.75, 3.05) is 27.3 Å². The minimum Gasteiger partial charge on any atom is -0.493 e. The summed E-state index contributed by atoms with van der Waals surface area (Å²) in [5, 5.41) is 10.8. The fraction of sp³-hybridized carbons (Fsp3) is 0.250. The molecule has 1 aromatic carbocycles. The third-order valence-electron chi connectivity index (χ3n) is 3.32. The number of thiocarbonyl (C=S) groups is 1. The van der Waals surface area contributed by atoms with Gasteiger partial charge in [-0.25, -0.2) is 0 Å². The molecule has 1 heterocycles. The number of amides is 2. The second-order valence-corrected chi connectivity index (χ2v) is 6.73. The first-order chi connectivity index (χ1) is 12.3. The fourth-order valence-electron chi connectivity index (χ4n) is 2.10. The van der Waals surface area contributed by atoms with Crippen LogP contribution >= 0.6 is 24.0 Å². The van der Waals surface area contributed by atoms with Gasteiger partial charge in [0.15, 0.2) is 11.5 Å². The Morgan fingerprint density at radius 1 is 1.31 bits per heavy atom. The number of aliphatic carboxylic acids is 1. The van der Waals surface area contributed by atoms with Crippen LogP contribution in [0.15, 0.2) is 23.1 Å². The Labute approximate surface area is 159 Å². The van der Waals surface area contributed by atoms with Crippen LogP contribution in [-0.2, 0) is 14.4 Å². The second kappa shape index (κ2) is 8.68. The number of carboxylic acids is 1. The normalized spacial score (nSPS) is 15.3. The summed E-state index contributed by atoms with van der Waals surface area (Å²) < 4.78 is 10.6. The van der Waals surface area contributed by atoms with Crippen molar-refractivity contribution < 1.29 is 29.0 Å². The van der Waals surface area contributed by atoms with E-state index >= 15 is 0 Å². The minimum atomic E-state index is -1.17. The van der Waals surface area contributed by atoms with E-state index in [-0.39, 0.29) is 10.9 Å². The molecule has 0 radical (unpaired) electrons. The van der Waals surface area contributed by atoms with Gasteiger partial charge in [0.25, 0.3) is 5.91 Å². The van der Waals surface area contributed by atoms with E-state index < -0.39 is 24.3 Å². The molecule has 1 saturated heterocycles. The molecule has 0 atom stereocenters. The zero-order chi connectivity index (χ0) is 19.3. The van der Waals surface area contributed by atoms with Gasteiger partial charge in [-0.05, 0) is 23.8 Å². The maximum Gasteiger partial charge on any atom is 0.322 e. The lowest BCUT2D eigenvalue weighted by Crippen LogP contribution is -2.41. The van der Waals surface area contributed by atoms with Crippen LogP contribution in [0.2, 0.25) is 0 Å². The number of carboxylic acid groups (broad SMARTS) is 1. The summed E-state index contributed by atoms with van der Waals surface area (Å²) in [6, 6.07) is 5.18. The van der Waals surface area contributed by atoms with E-state index in [2.05, 4.69) is 5.32 Å². The summed E-state index contributed by atoms with van der Waals surface area (Å²) in [4.78, 5) is 36.1. The highest BCUT2D eigenvalue weighted by Gasteiger charge is 2.33. The zero-order valence-electron chi connectivity index (χ0n) is 14.0. The maximum atomic E-state index is 12.5. The number of ether oxygens (including phenoxy) is 2. The van der Waals surface area contributed by atoms with E-state index in [9.17, 15) is 14.4 Å². The number of nitrogens with one attached hydrogen (secondary N) is 1. The van der Waals surface area contributed by atoms with Crippen molar-refractivity contribution in [1.82, 2.24) is 10.2 Å². The highest BCUT2D eigenvalue weighted by atomic mass is 32.2. The molecular weight excluding hydrogens is 380 g/mol. The number of hydrogen-bond acceptors (Lipinski definition) is 7. The summed E-state index contributed by atoms with van der Waals surface area (Å²) >= 11 is 6.21. The van der Waals surface area contributed by atoms with Gasteiger partial charge in [0.2, 0.25) is 5.91 Å². The van der Waals surface area contributed by atoms with Crippen LogP contribution in [0.1, 0.15) is 5.56 Å². The van der Waals surface area contributed by atoms with Crippen molar-refractivity contribution in [2.24, 2.45) is 0 Å². The second-order valence-electron chi connectivity index (χ2n) is 5.05. The van der Waals surface area contributed by atoms with Crippen LogP contribution in [0.5, 0.6) is 11.5 Å². The molecule has 1 aliphatic rings. The summed E-state index contributed by atoms with van der Waals surface area (Å²) in [5.74, 6) is -1.11. The average molecular weight is 396 g/mol. The first-order valence-electron chi connectivity index (χ1n) is 7.31. The lowest BCUT2D eigenvalue weighted by molar-refractivity contribution is -0.138. The van der Waals surface area contributed by atoms with Gasteiger partial charge in [-0.3, -0.25) is 19.3 Å². The quantitative estimate of drug-likeness (QED) is 0.522. The third kappa shape index (κ3) is 4.73. The number of rotatable bonds is 7. The van der Waals surface area contributed by atoms with E-state index in [4.69, 9.17) is 26.8 Å². The van der Waals surface area contributed by atoms with Gasteiger partial charge < -0.3 is 19.9 Å². The monoisotopic (exact) mass is 396 g/mol. The Morgan fingerprint density at radius 2 is 2.00 bits per heavy atom. The van der Waals surface area contributed by atoms with E-state index in [0.717, 1.165) is 16.7 Å². The Morgan fingerprint density at radius 3 is 2.62 bits per heavy atom. The molecule has 2 N–H and O–H groups in total. The molecule has 1 fully saturated rings. The van der Waals surface area contributed by atoms with Gasteiger partial charge in [0.05, 0.1) is 19.1 Å². The minimum absolute atomic E-state index is 0.229. The predicted molar refractivity (Wildman–Crippen MR) is 100 cm³/mol. The number of carbonyl (C=O) groups is 3.